The quantitative estimate of drug-likeness (QED) is 0.0188. The highest BCUT2D eigenvalue weighted by atomic mass is 32.2. The highest BCUT2D eigenvalue weighted by Crippen LogP contribution is 2.40. The van der Waals surface area contributed by atoms with E-state index in [1.54, 1.807) is 42.5 Å². The van der Waals surface area contributed by atoms with Gasteiger partial charge < -0.3 is 60.9 Å². The van der Waals surface area contributed by atoms with Gasteiger partial charge in [-0.2, -0.15) is 11.8 Å². The number of carbonyl (C=O) groups excluding carboxylic acids is 6. The first-order valence-corrected chi connectivity index (χ1v) is 27.1. The Kier molecular flexibility index (Phi) is 25.3. The van der Waals surface area contributed by atoms with E-state index in [-0.39, 0.29) is 54.5 Å². The van der Waals surface area contributed by atoms with E-state index in [1.807, 2.05) is 42.1 Å². The number of amides is 6. The van der Waals surface area contributed by atoms with Gasteiger partial charge in [-0.05, 0) is 99.2 Å². The van der Waals surface area contributed by atoms with Crippen LogP contribution in [0.1, 0.15) is 81.0 Å². The van der Waals surface area contributed by atoms with Crippen molar-refractivity contribution in [1.82, 2.24) is 36.6 Å². The summed E-state index contributed by atoms with van der Waals surface area (Å²) in [6.45, 7) is 7.91. The van der Waals surface area contributed by atoms with Crippen molar-refractivity contribution in [3.8, 4) is 23.1 Å². The Bertz CT molecular complexity index is 2490. The summed E-state index contributed by atoms with van der Waals surface area (Å²) >= 11 is 1.95. The van der Waals surface area contributed by atoms with Crippen LogP contribution in [0.5, 0.6) is 23.1 Å². The van der Waals surface area contributed by atoms with Crippen molar-refractivity contribution in [3.63, 3.8) is 0 Å². The molecule has 3 heterocycles. The van der Waals surface area contributed by atoms with Crippen LogP contribution < -0.4 is 46.7 Å². The van der Waals surface area contributed by atoms with Crippen LogP contribution >= 0.6 is 11.8 Å². The number of ether oxygens (including phenoxy) is 5. The van der Waals surface area contributed by atoms with Gasteiger partial charge in [0.15, 0.2) is 0 Å². The first-order valence-electron chi connectivity index (χ1n) is 26.0. The molecule has 4 aromatic rings. The number of thioether (sulfide) groups is 1. The van der Waals surface area contributed by atoms with Crippen molar-refractivity contribution in [3.05, 3.63) is 103 Å². The number of para-hydroxylation sites is 1. The Morgan fingerprint density at radius 2 is 1.24 bits per heavy atom. The van der Waals surface area contributed by atoms with Gasteiger partial charge in [-0.1, -0.05) is 31.2 Å². The number of carbonyl (C=O) groups is 6. The Morgan fingerprint density at radius 1 is 0.645 bits per heavy atom. The van der Waals surface area contributed by atoms with E-state index in [2.05, 4.69) is 53.8 Å². The molecule has 0 radical (unpaired) electrons. The lowest BCUT2D eigenvalue weighted by molar-refractivity contribution is -0.123. The van der Waals surface area contributed by atoms with E-state index in [4.69, 9.17) is 23.7 Å². The Morgan fingerprint density at radius 3 is 1.91 bits per heavy atom. The van der Waals surface area contributed by atoms with Crippen molar-refractivity contribution in [2.75, 3.05) is 82.2 Å². The molecule has 0 saturated carbocycles. The molecular formula is C55H71N9O11S. The lowest BCUT2D eigenvalue weighted by Crippen LogP contribution is -2.30. The lowest BCUT2D eigenvalue weighted by Gasteiger charge is -2.15. The number of fused-ring (bicyclic) bond motifs is 1. The molecule has 21 heteroatoms. The molecule has 0 bridgehead atoms. The highest BCUT2D eigenvalue weighted by Gasteiger charge is 2.42. The summed E-state index contributed by atoms with van der Waals surface area (Å²) in [6.07, 6.45) is 9.18. The number of unbranched alkanes of at least 4 members (excludes halogenated alkanes) is 1. The number of aromatic nitrogens is 2. The smallest absolute Gasteiger partial charge is 0.251 e. The summed E-state index contributed by atoms with van der Waals surface area (Å²) in [5.74, 6) is 3.04. The predicted molar refractivity (Wildman–Crippen MR) is 290 cm³/mol. The maximum Gasteiger partial charge on any atom is 0.251 e. The molecule has 6 amide bonds. The second-order valence-corrected chi connectivity index (χ2v) is 19.3. The Labute approximate surface area is 448 Å². The van der Waals surface area contributed by atoms with Crippen LogP contribution in [0.4, 0.5) is 17.2 Å². The fraction of sp³-hybridized carbons (Fsp3) is 0.455. The summed E-state index contributed by atoms with van der Waals surface area (Å²) in [4.78, 5) is 82.4. The van der Waals surface area contributed by atoms with Gasteiger partial charge in [0, 0.05) is 111 Å². The van der Waals surface area contributed by atoms with E-state index >= 15 is 0 Å². The first kappa shape index (κ1) is 58.2. The van der Waals surface area contributed by atoms with Crippen LogP contribution in [0, 0.1) is 5.92 Å². The van der Waals surface area contributed by atoms with Gasteiger partial charge in [0.2, 0.25) is 35.4 Å². The fourth-order valence-corrected chi connectivity index (χ4v) is 9.89. The van der Waals surface area contributed by atoms with Crippen LogP contribution in [0.25, 0.3) is 0 Å². The van der Waals surface area contributed by atoms with E-state index in [1.165, 1.54) is 12.4 Å². The van der Waals surface area contributed by atoms with Crippen molar-refractivity contribution < 1.29 is 52.5 Å². The van der Waals surface area contributed by atoms with Crippen LogP contribution in [0.2, 0.25) is 0 Å². The summed E-state index contributed by atoms with van der Waals surface area (Å²) in [7, 11) is 0. The van der Waals surface area contributed by atoms with E-state index in [0.29, 0.717) is 143 Å². The predicted octanol–water partition coefficient (Wildman–Crippen LogP) is 6.58. The molecule has 76 heavy (non-hydrogen) atoms. The van der Waals surface area contributed by atoms with Crippen LogP contribution in [-0.4, -0.2) is 128 Å². The third-order valence-electron chi connectivity index (χ3n) is 12.1. The molecule has 2 fully saturated rings. The minimum atomic E-state index is -0.456. The molecule has 3 atom stereocenters. The average Bonchev–Trinajstić information content (AvgIpc) is 3.98. The second-order valence-electron chi connectivity index (χ2n) is 18.1. The number of hydrogen-bond acceptors (Lipinski definition) is 15. The third-order valence-corrected chi connectivity index (χ3v) is 13.6. The maximum absolute atomic E-state index is 13.3. The number of rotatable bonds is 36. The molecule has 20 nitrogen and oxygen atoms in total. The van der Waals surface area contributed by atoms with Gasteiger partial charge in [0.25, 0.3) is 5.91 Å². The van der Waals surface area contributed by atoms with Gasteiger partial charge in [-0.15, -0.1) is 0 Å². The number of nitrogens with one attached hydrogen (secondary N) is 7. The van der Waals surface area contributed by atoms with Gasteiger partial charge in [0.1, 0.15) is 29.4 Å². The standard InChI is InChI=1S/C55H71N9O11S/c1-2-49(65)63-41-33-39(32-40(34-41)62-48-36-54(61-38-60-48)75-44-20-18-43(19-21-44)74-42-12-4-3-5-13-42)55(70)59-23-9-22-56-51(67)16-8-17-52(68)58-25-11-27-72-29-31-73-30-28-71-26-10-24-57-50(66)15-7-6-14-47-45-35-53(69)64-46(45)37-76-47/h2-5,12-13,18-21,32-34,36,38,45-47H,1,6-11,14-17,22-31,35,37H2,(H,56,67)(H,57,66)(H,58,68)(H,59,70)(H,63,65)(H,64,69)(H,60,61,62)/t45-,46-,47-/m0/s1. The largest absolute Gasteiger partial charge is 0.457 e. The Hall–Kier alpha value is -7.07. The molecule has 3 aromatic carbocycles. The minimum Gasteiger partial charge on any atom is -0.457 e. The summed E-state index contributed by atoms with van der Waals surface area (Å²) < 4.78 is 28.5. The zero-order valence-corrected chi connectivity index (χ0v) is 43.8. The van der Waals surface area contributed by atoms with Gasteiger partial charge in [-0.3, -0.25) is 28.8 Å². The average molecular weight is 1070 g/mol. The van der Waals surface area contributed by atoms with Gasteiger partial charge >= 0.3 is 0 Å². The Balaban J connectivity index is 0.734. The molecule has 6 rings (SSSR count). The topological polar surface area (TPSA) is 259 Å². The summed E-state index contributed by atoms with van der Waals surface area (Å²) in [5, 5.41) is 20.9. The van der Waals surface area contributed by atoms with Gasteiger partial charge in [-0.25, -0.2) is 9.97 Å². The fourth-order valence-electron chi connectivity index (χ4n) is 8.23. The molecule has 7 N–H and O–H groups in total. The van der Waals surface area contributed by atoms with Gasteiger partial charge in [0.05, 0.1) is 26.4 Å². The van der Waals surface area contributed by atoms with Crippen LogP contribution in [-0.2, 0) is 38.2 Å². The molecule has 0 aliphatic carbocycles. The summed E-state index contributed by atoms with van der Waals surface area (Å²) in [6, 6.07) is 23.2. The van der Waals surface area contributed by atoms with Crippen molar-refractivity contribution in [1.29, 1.82) is 0 Å². The second kappa shape index (κ2) is 33.1. The number of hydrogen-bond donors (Lipinski definition) is 7. The third kappa shape index (κ3) is 22.0. The van der Waals surface area contributed by atoms with Crippen molar-refractivity contribution in [2.45, 2.75) is 81.9 Å². The molecule has 2 aliphatic rings. The molecular weight excluding hydrogens is 995 g/mol. The first-order chi connectivity index (χ1) is 37.1. The molecule has 0 spiro atoms. The minimum absolute atomic E-state index is 0.0678. The van der Waals surface area contributed by atoms with E-state index < -0.39 is 11.8 Å². The summed E-state index contributed by atoms with van der Waals surface area (Å²) in [5.41, 5.74) is 1.06. The lowest BCUT2D eigenvalue weighted by atomic mass is 9.94. The monoisotopic (exact) mass is 1070 g/mol. The van der Waals surface area contributed by atoms with Crippen molar-refractivity contribution >= 4 is 64.4 Å². The number of anilines is 3. The highest BCUT2D eigenvalue weighted by molar-refractivity contribution is 8.00. The number of nitrogens with zero attached hydrogens (tertiary/aromatic N) is 2. The van der Waals surface area contributed by atoms with Crippen molar-refractivity contribution in [2.24, 2.45) is 5.92 Å². The SMILES string of the molecule is C=CC(=O)Nc1cc(Nc2cc(Oc3ccc(Oc4ccccc4)cc3)ncn2)cc(C(=O)NCCCNC(=O)CCCC(=O)NCCCOCCOCCOCCCNC(=O)CCCC[C@@H]2SC[C@@H]3NC(=O)C[C@@H]32)c1. The van der Waals surface area contributed by atoms with Crippen LogP contribution in [0.3, 0.4) is 0 Å². The van der Waals surface area contributed by atoms with E-state index in [0.717, 1.165) is 37.5 Å². The molecule has 2 aliphatic heterocycles. The molecule has 2 saturated heterocycles. The maximum atomic E-state index is 13.3. The number of benzene rings is 3. The normalized spacial score (nSPS) is 15.4. The molecule has 408 valence electrons. The van der Waals surface area contributed by atoms with Crippen LogP contribution in [0.15, 0.2) is 97.8 Å². The van der Waals surface area contributed by atoms with E-state index in [9.17, 15) is 28.8 Å². The zero-order chi connectivity index (χ0) is 53.6. The zero-order valence-electron chi connectivity index (χ0n) is 42.9. The molecule has 1 aromatic heterocycles. The molecule has 0 unspecified atom stereocenters.